The van der Waals surface area contributed by atoms with Crippen molar-refractivity contribution in [1.82, 2.24) is 137 Å². The Morgan fingerprint density at radius 2 is 0.712 bits per heavy atom. The van der Waals surface area contributed by atoms with Gasteiger partial charge in [0.25, 0.3) is 0 Å². The van der Waals surface area contributed by atoms with Gasteiger partial charge in [0.1, 0.15) is 17.1 Å². The van der Waals surface area contributed by atoms with E-state index in [1.807, 2.05) is 140 Å². The average molecular weight is 3030 g/mol. The van der Waals surface area contributed by atoms with E-state index in [0.717, 1.165) is 97.5 Å². The smallest absolute Gasteiger partial charge is 0.582 e. The number of aromatic nitrogens is 27. The summed E-state index contributed by atoms with van der Waals surface area (Å²) >= 11 is -0.472. The Kier molecular flexibility index (Phi) is 70.1. The molecule has 0 spiro atoms. The summed E-state index contributed by atoms with van der Waals surface area (Å²) in [5, 5.41) is 85.5. The number of aryl methyl sites for hydroxylation is 7. The Labute approximate surface area is 899 Å². The van der Waals surface area contributed by atoms with E-state index >= 15 is 0 Å². The van der Waals surface area contributed by atoms with Crippen molar-refractivity contribution in [2.24, 2.45) is 5.41 Å². The van der Waals surface area contributed by atoms with Gasteiger partial charge in [-0.05, 0) is 161 Å². The van der Waals surface area contributed by atoms with Gasteiger partial charge >= 0.3 is 138 Å². The minimum atomic E-state index is -4.46. The molecule has 17 heterocycles. The van der Waals surface area contributed by atoms with Crippen molar-refractivity contribution in [3.63, 3.8) is 0 Å². The van der Waals surface area contributed by atoms with Crippen LogP contribution in [0.2, 0.25) is 0 Å². The minimum Gasteiger partial charge on any atom is -0.582 e. The van der Waals surface area contributed by atoms with Crippen molar-refractivity contribution in [3.05, 3.63) is 330 Å². The van der Waals surface area contributed by atoms with Crippen molar-refractivity contribution in [2.75, 3.05) is 0 Å². The molecule has 2 bridgehead atoms. The van der Waals surface area contributed by atoms with Gasteiger partial charge in [-0.3, -0.25) is 29.9 Å². The van der Waals surface area contributed by atoms with E-state index in [1.54, 1.807) is 104 Å². The van der Waals surface area contributed by atoms with Gasteiger partial charge in [0.15, 0.2) is 0 Å². The maximum Gasteiger partial charge on any atom is 2.00 e. The topological polar surface area (TPSA) is 397 Å². The number of hydrogen-bond acceptors (Lipinski definition) is 18. The summed E-state index contributed by atoms with van der Waals surface area (Å²) in [5.74, 6) is -0.441. The molecule has 20 rings (SSSR count). The Balaban J connectivity index is -0.000000353. The molecule has 29 nitrogen and oxygen atoms in total. The zero-order valence-corrected chi connectivity index (χ0v) is 85.3. The van der Waals surface area contributed by atoms with Crippen molar-refractivity contribution in [3.8, 4) is 68.3 Å². The fraction of sp³-hybridized carbons (Fsp3) is 0.271. The number of benzene rings is 1. The first kappa shape index (κ1) is 139. The van der Waals surface area contributed by atoms with E-state index in [9.17, 15) is 31.1 Å². The van der Waals surface area contributed by atoms with E-state index in [2.05, 4.69) is 188 Å². The summed E-state index contributed by atoms with van der Waals surface area (Å²) in [6.45, 7) is 20.6. The second-order valence-corrected chi connectivity index (χ2v) is 30.8. The third kappa shape index (κ3) is 43.2. The van der Waals surface area contributed by atoms with Crippen LogP contribution in [0.1, 0.15) is 179 Å². The number of carboxylic acid groups (broad SMARTS) is 1. The fourth-order valence-electron chi connectivity index (χ4n) is 12.1. The van der Waals surface area contributed by atoms with Crippen LogP contribution in [0.25, 0.3) is 79.1 Å². The third-order valence-electron chi connectivity index (χ3n) is 18.2. The molecule has 0 radical (unpaired) electrons. The molecular weight excluding hydrogens is 2920 g/mol. The first-order valence-corrected chi connectivity index (χ1v) is 43.3. The van der Waals surface area contributed by atoms with E-state index in [1.165, 1.54) is 59.5 Å². The number of pyridine rings is 7. The summed E-state index contributed by atoms with van der Waals surface area (Å²) in [5.41, 5.74) is 16.0. The van der Waals surface area contributed by atoms with Gasteiger partial charge in [-0.1, -0.05) is 239 Å². The van der Waals surface area contributed by atoms with Crippen molar-refractivity contribution in [2.45, 2.75) is 173 Å². The van der Waals surface area contributed by atoms with Crippen LogP contribution in [-0.4, -0.2) is 97.0 Å². The van der Waals surface area contributed by atoms with Gasteiger partial charge in [0.2, 0.25) is 0 Å². The van der Waals surface area contributed by atoms with Gasteiger partial charge in [0.05, 0.1) is 5.69 Å². The molecular formula is C96H115Cl2F6N27O2Pt6-2. The standard InChI is InChI=1S/C20H20N3.2C9H5F3N3.3C9H8N3.C6H5NO2.2C5H7N2.2C3H3N2.9CH4.2ClH.6Pt/c1-19(2)14-8-10-20(19,3)18-15(14)17(22-23-18)16-13-7-5-4-6-12(13)9-11-21-16;2*10-9(11,12)8-5-7(14-15-8)6-3-1-2-4-13-6;3*1-7-6-9(12-11-7)8-4-2-3-5-10-8;8-6(9)5-3-1-2-4-7-5;2*1-4-3-5(2)7-6-4;2*1-2-4-5-3-1;;;;;;;;;;;;;;;;;/h4-7,9,11,14H,8,10H2,1-3H3;2*1-5H;3*2-6H,1H3;1-4H,(H,8,9);2*3H,1-2H3;2*1-3H;9*1H4;2*1H;;;;;;/q6*-1;;4*-1;;;;;;;;;;;;;5*+2/p-2. The second kappa shape index (κ2) is 70.1. The Bertz CT molecular complexity index is 5700. The van der Waals surface area contributed by atoms with Crippen molar-refractivity contribution in [1.29, 1.82) is 0 Å². The molecule has 1 fully saturated rings. The van der Waals surface area contributed by atoms with Crippen LogP contribution in [-0.2, 0) is 140 Å². The fourth-order valence-corrected chi connectivity index (χ4v) is 12.1. The number of halogens is 8. The molecule has 2 aliphatic rings. The van der Waals surface area contributed by atoms with Crippen LogP contribution >= 0.6 is 18.8 Å². The molecule has 2 unspecified atom stereocenters. The Morgan fingerprint density at radius 1 is 0.388 bits per heavy atom. The number of aromatic carboxylic acids is 1. The summed E-state index contributed by atoms with van der Waals surface area (Å²) in [6.07, 6.45) is 11.6. The monoisotopic (exact) mass is 3030 g/mol. The number of alkyl halides is 6. The largest absolute Gasteiger partial charge is 2.00 e. The van der Waals surface area contributed by atoms with Gasteiger partial charge in [-0.15, -0.1) is 11.4 Å². The van der Waals surface area contributed by atoms with Crippen LogP contribution in [0.5, 0.6) is 0 Å². The molecule has 2 aliphatic carbocycles. The normalized spacial score (nSPS) is 11.9. The Hall–Kier alpha value is -10.6. The second-order valence-electron chi connectivity index (χ2n) is 27.5. The maximum absolute atomic E-state index is 12.2. The average Bonchev–Trinajstić information content (AvgIpc) is 1.52. The minimum absolute atomic E-state index is 0. The van der Waals surface area contributed by atoms with E-state index < -0.39 is 46.2 Å². The van der Waals surface area contributed by atoms with E-state index in [4.69, 9.17) is 23.9 Å². The molecule has 17 aromatic heterocycles. The van der Waals surface area contributed by atoms with Gasteiger partial charge in [0, 0.05) is 150 Å². The predicted octanol–water partition coefficient (Wildman–Crippen LogP) is 22.2. The van der Waals surface area contributed by atoms with Gasteiger partial charge < -0.3 is 107 Å². The quantitative estimate of drug-likeness (QED) is 0.145. The van der Waals surface area contributed by atoms with Crippen LogP contribution in [0.3, 0.4) is 0 Å². The maximum atomic E-state index is 12.2. The molecule has 1 aromatic carbocycles. The van der Waals surface area contributed by atoms with Gasteiger partial charge in [-0.25, -0.2) is 9.78 Å². The van der Waals surface area contributed by atoms with Crippen LogP contribution in [0.15, 0.2) is 262 Å². The summed E-state index contributed by atoms with van der Waals surface area (Å²) in [4.78, 5) is 38.6. The molecule has 43 heteroatoms. The molecule has 0 aliphatic heterocycles. The molecule has 1 saturated carbocycles. The first-order valence-electron chi connectivity index (χ1n) is 37.7. The van der Waals surface area contributed by atoms with Crippen LogP contribution in [0.4, 0.5) is 26.3 Å². The molecule has 139 heavy (non-hydrogen) atoms. The summed E-state index contributed by atoms with van der Waals surface area (Å²) in [6, 6.07) is 57.2. The molecule has 0 saturated heterocycles. The third-order valence-corrected chi connectivity index (χ3v) is 18.2. The summed E-state index contributed by atoms with van der Waals surface area (Å²) in [7, 11) is 9.75. The van der Waals surface area contributed by atoms with E-state index in [0.29, 0.717) is 17.3 Å². The molecule has 1 N–H and O–H groups in total. The van der Waals surface area contributed by atoms with Crippen molar-refractivity contribution >= 4 is 35.6 Å². The molecule has 2 atom stereocenters. The number of hydrogen-bond donors (Lipinski definition) is 1. The Morgan fingerprint density at radius 3 is 0.964 bits per heavy atom. The zero-order valence-electron chi connectivity index (χ0n) is 70.2. The molecule has 18 aromatic rings. The van der Waals surface area contributed by atoms with E-state index in [-0.39, 0.29) is 200 Å². The number of rotatable bonds is 7. The van der Waals surface area contributed by atoms with Crippen LogP contribution in [0, 0.1) is 53.9 Å². The number of fused-ring (bicyclic) bond motifs is 6. The first-order chi connectivity index (χ1) is 60.1. The SMILES string of the molecule is C.C.C.C.C.C.C.C.C.CC12CCC(c3c1n[n-]c3-c1nccc3ccccc13)C2(C)C.Cc1cc(-c2ccccn2)[n-]n1.Cc1cc(-c2ccccn2)[n-]n1.Cc1cc(-c2ccccn2)[n-]n1.Cc1cc(C)[n-]n1.Cc1cc(C)[n-]n1.FC(F)(F)c1cc(-c2ccccn2)[n-]n1.FC(F)(F)c1cc(-c2ccccn2)[n-]n1.O=C(O)c1ccccn1.[Cl][Pt][Cl].[Pt+2].[Pt+2].[Pt+2].[Pt+2].[Pt].c1cn[n-]c1.c1cn[n-]c1. The molecule has 764 valence electrons. The molecule has 0 amide bonds. The number of carbonyl (C=O) groups is 1. The van der Waals surface area contributed by atoms with Crippen LogP contribution < -0.4 is 51.0 Å². The number of carboxylic acids is 1. The predicted molar refractivity (Wildman–Crippen MR) is 512 cm³/mol. The van der Waals surface area contributed by atoms with Crippen molar-refractivity contribution < 1.29 is 158 Å². The zero-order chi connectivity index (χ0) is 89.8. The van der Waals surface area contributed by atoms with Gasteiger partial charge in [-0.2, -0.15) is 38.7 Å². The number of nitrogens with zero attached hydrogens (tertiary/aromatic N) is 27. The summed E-state index contributed by atoms with van der Waals surface area (Å²) < 4.78 is 73.2.